The van der Waals surface area contributed by atoms with Gasteiger partial charge >= 0.3 is 13.5 Å². The second-order valence-corrected chi connectivity index (χ2v) is 17.3. The minimum atomic E-state index is -3.98. The van der Waals surface area contributed by atoms with Crippen LogP contribution >= 0.6 is 49.0 Å². The molecule has 46 heavy (non-hydrogen) atoms. The molecule has 7 rings (SSSR count). The topological polar surface area (TPSA) is 226 Å². The molecule has 0 spiro atoms. The second-order valence-electron chi connectivity index (χ2n) is 11.0. The van der Waals surface area contributed by atoms with Gasteiger partial charge in [0.15, 0.2) is 17.3 Å². The van der Waals surface area contributed by atoms with Crippen LogP contribution in [0.2, 0.25) is 10.6 Å². The lowest BCUT2D eigenvalue weighted by Crippen LogP contribution is -2.32. The molecule has 17 nitrogen and oxygen atoms in total. The van der Waals surface area contributed by atoms with E-state index in [1.54, 1.807) is 10.8 Å². The Morgan fingerprint density at radius 2 is 1.67 bits per heavy atom. The number of fused-ring (bicyclic) bond motifs is 4. The van der Waals surface area contributed by atoms with Crippen LogP contribution < -0.4 is 11.5 Å². The largest absolute Gasteiger partial charge is 0.386 e. The third-order valence-corrected chi connectivity index (χ3v) is 11.6. The molecule has 0 aromatic carbocycles. The Morgan fingerprint density at radius 3 is 2.50 bits per heavy atom. The van der Waals surface area contributed by atoms with Gasteiger partial charge in [0.05, 0.1) is 37.4 Å². The fourth-order valence-electron chi connectivity index (χ4n) is 5.91. The first-order chi connectivity index (χ1) is 21.8. The summed E-state index contributed by atoms with van der Waals surface area (Å²) in [4.78, 5) is 36.2. The maximum Gasteiger partial charge on any atom is 0.386 e. The molecule has 9 atom stereocenters. The van der Waals surface area contributed by atoms with Gasteiger partial charge in [-0.05, 0) is 47.9 Å². The monoisotopic (exact) mass is 753 g/mol. The van der Waals surface area contributed by atoms with E-state index in [2.05, 4.69) is 42.2 Å². The quantitative estimate of drug-likeness (QED) is 0.167. The zero-order valence-electron chi connectivity index (χ0n) is 23.5. The molecule has 4 aliphatic rings. The number of thiol groups is 1. The van der Waals surface area contributed by atoms with Gasteiger partial charge in [-0.2, -0.15) is 15.0 Å². The molecule has 3 aromatic rings. The summed E-state index contributed by atoms with van der Waals surface area (Å²) >= 11 is 21.6. The normalized spacial score (nSPS) is 36.7. The van der Waals surface area contributed by atoms with Crippen LogP contribution in [0, 0.1) is 5.92 Å². The Hall–Kier alpha value is -1.57. The molecule has 0 radical (unpaired) electrons. The molecule has 0 bridgehead atoms. The van der Waals surface area contributed by atoms with Crippen LogP contribution in [0.3, 0.4) is 0 Å². The summed E-state index contributed by atoms with van der Waals surface area (Å²) < 4.78 is 50.8. The van der Waals surface area contributed by atoms with Crippen LogP contribution in [-0.4, -0.2) is 84.3 Å². The zero-order valence-corrected chi connectivity index (χ0v) is 28.5. The number of rotatable bonds is 2. The number of aryl methyl sites for hydroxylation is 1. The van der Waals surface area contributed by atoms with Crippen molar-refractivity contribution in [2.75, 3.05) is 24.7 Å². The van der Waals surface area contributed by atoms with Gasteiger partial charge in [-0.1, -0.05) is 12.2 Å². The Labute approximate surface area is 281 Å². The molecule has 0 amide bonds. The van der Waals surface area contributed by atoms with E-state index in [0.717, 1.165) is 0 Å². The van der Waals surface area contributed by atoms with Crippen molar-refractivity contribution < 1.29 is 37.0 Å². The van der Waals surface area contributed by atoms with E-state index in [9.17, 15) is 9.46 Å². The van der Waals surface area contributed by atoms with Crippen LogP contribution in [0.25, 0.3) is 11.2 Å². The first-order valence-corrected chi connectivity index (χ1v) is 20.0. The fraction of sp³-hybridized carbons (Fsp3) is 0.565. The fourth-order valence-corrected chi connectivity index (χ4v) is 9.27. The number of ether oxygens (including phenoxy) is 2. The number of nitrogen functional groups attached to an aromatic ring is 2. The van der Waals surface area contributed by atoms with Crippen LogP contribution in [-0.2, 0) is 50.4 Å². The van der Waals surface area contributed by atoms with Crippen molar-refractivity contribution >= 4 is 95.5 Å². The lowest BCUT2D eigenvalue weighted by Gasteiger charge is -2.28. The second kappa shape index (κ2) is 12.7. The highest BCUT2D eigenvalue weighted by atomic mass is 35.5. The molecule has 4 aliphatic heterocycles. The predicted octanol–water partition coefficient (Wildman–Crippen LogP) is 3.57. The third kappa shape index (κ3) is 6.81. The van der Waals surface area contributed by atoms with Crippen LogP contribution in [0.15, 0.2) is 11.3 Å². The van der Waals surface area contributed by atoms with Crippen molar-refractivity contribution in [3.8, 4) is 0 Å². The van der Waals surface area contributed by atoms with E-state index in [-0.39, 0.29) is 47.8 Å². The Balaban J connectivity index is 1.08. The van der Waals surface area contributed by atoms with Crippen molar-refractivity contribution in [3.05, 3.63) is 22.6 Å². The average Bonchev–Trinajstić information content (AvgIpc) is 3.63. The number of nitrogens with zero attached hydrogens (tertiary/aromatic N) is 7. The lowest BCUT2D eigenvalue weighted by molar-refractivity contribution is -0.0515. The Morgan fingerprint density at radius 1 is 0.957 bits per heavy atom. The number of aromatic nitrogens is 6. The van der Waals surface area contributed by atoms with Gasteiger partial charge in [0, 0.05) is 25.0 Å². The van der Waals surface area contributed by atoms with Gasteiger partial charge in [0.2, 0.25) is 10.6 Å². The van der Waals surface area contributed by atoms with Gasteiger partial charge < -0.3 is 34.9 Å². The summed E-state index contributed by atoms with van der Waals surface area (Å²) in [6.45, 7) is -8.32. The van der Waals surface area contributed by atoms with E-state index in [4.69, 9.17) is 74.0 Å². The Bertz CT molecular complexity index is 1810. The van der Waals surface area contributed by atoms with E-state index in [1.165, 1.54) is 6.33 Å². The van der Waals surface area contributed by atoms with Crippen LogP contribution in [0.5, 0.6) is 0 Å². The van der Waals surface area contributed by atoms with E-state index in [0.29, 0.717) is 41.8 Å². The van der Waals surface area contributed by atoms with Gasteiger partial charge in [0.25, 0.3) is 0 Å². The number of hydrogen-bond donors (Lipinski definition) is 4. The van der Waals surface area contributed by atoms with Crippen molar-refractivity contribution in [1.82, 2.24) is 29.5 Å². The number of aliphatic imine (C=N–C) groups is 1. The molecule has 23 heteroatoms. The summed E-state index contributed by atoms with van der Waals surface area (Å²) in [6.07, 6.45) is 0.317. The summed E-state index contributed by atoms with van der Waals surface area (Å²) in [6, 6.07) is 0. The smallest absolute Gasteiger partial charge is 0.382 e. The summed E-state index contributed by atoms with van der Waals surface area (Å²) in [5.74, 6) is 0.0797. The maximum atomic E-state index is 13.5. The van der Waals surface area contributed by atoms with Crippen LogP contribution in [0.4, 0.5) is 17.3 Å². The molecule has 3 aromatic heterocycles. The van der Waals surface area contributed by atoms with E-state index < -0.39 is 50.3 Å². The molecular weight excluding hydrogens is 727 g/mol. The first kappa shape index (κ1) is 33.0. The van der Waals surface area contributed by atoms with Crippen molar-refractivity contribution in [1.29, 1.82) is 0 Å². The van der Waals surface area contributed by atoms with Gasteiger partial charge in [-0.15, -0.1) is 0 Å². The highest BCUT2D eigenvalue weighted by Crippen LogP contribution is 2.58. The van der Waals surface area contributed by atoms with Crippen molar-refractivity contribution in [2.24, 2.45) is 10.9 Å². The standard InChI is InChI=1S/C23H27Cl2N9O8P2S2/c24-22-30-10-2-1-9(5-28-17(10)19(26)31-22)11-3-12-14(39-11)6-37-44(36,46)42-13-4-16(40-15(13)7-38-43(35,45)41-12)34-8-29-18-20(27)32-23(25)33-21(18)34/h5,8-9,11-16H,1-4,6-7H2,(H,35,45)(H,36,46)(H2,26,30,31)(H2,27,32,33)/t9?,11-,12?,13?,14-,15-,16-,43?,44?/m1/s1. The SMILES string of the molecule is Nc1nc(Cl)nc2c1N=CC([C@H]1CC3OP(O)(=S)OC[C@H]4O[C@@H](n5cnc6c(N)nc(Cl)nc65)CC4OP(=O)(S)OC[C@H]3O1)CC2. The number of anilines is 2. The minimum absolute atomic E-state index is 0.0436. The number of halogens is 2. The molecular formula is C23H27Cl2N9O8P2S2. The van der Waals surface area contributed by atoms with Crippen molar-refractivity contribution in [2.45, 2.75) is 62.4 Å². The summed E-state index contributed by atoms with van der Waals surface area (Å²) in [5, 5.41) is -0.0281. The van der Waals surface area contributed by atoms with Gasteiger partial charge in [0.1, 0.15) is 35.7 Å². The first-order valence-electron chi connectivity index (χ1n) is 14.0. The average molecular weight is 755 g/mol. The van der Waals surface area contributed by atoms with Gasteiger partial charge in [-0.25, -0.2) is 14.5 Å². The summed E-state index contributed by atoms with van der Waals surface area (Å²) in [5.41, 5.74) is 13.7. The summed E-state index contributed by atoms with van der Waals surface area (Å²) in [7, 11) is 0. The predicted molar refractivity (Wildman–Crippen MR) is 173 cm³/mol. The molecule has 3 fully saturated rings. The number of imidazole rings is 1. The lowest BCUT2D eigenvalue weighted by atomic mass is 9.95. The molecule has 0 saturated carbocycles. The maximum absolute atomic E-state index is 13.5. The highest BCUT2D eigenvalue weighted by Gasteiger charge is 2.47. The minimum Gasteiger partial charge on any atom is -0.382 e. The molecule has 7 heterocycles. The Kier molecular flexibility index (Phi) is 9.11. The number of hydrogen-bond acceptors (Lipinski definition) is 16. The highest BCUT2D eigenvalue weighted by molar-refractivity contribution is 8.44. The zero-order chi connectivity index (χ0) is 32.4. The third-order valence-electron chi connectivity index (χ3n) is 8.02. The van der Waals surface area contributed by atoms with Gasteiger partial charge in [-0.3, -0.25) is 18.6 Å². The molecule has 3 saturated heterocycles. The van der Waals surface area contributed by atoms with E-state index >= 15 is 0 Å². The van der Waals surface area contributed by atoms with Crippen LogP contribution in [0.1, 0.15) is 31.2 Å². The molecule has 0 aliphatic carbocycles. The molecule has 248 valence electrons. The number of nitrogens with two attached hydrogens (primary N) is 2. The van der Waals surface area contributed by atoms with Crippen molar-refractivity contribution in [3.63, 3.8) is 0 Å². The molecule has 5 unspecified atom stereocenters. The van der Waals surface area contributed by atoms with E-state index in [1.807, 2.05) is 0 Å². The molecule has 5 N–H and O–H groups in total.